The SMILES string of the molecule is Cc1ccc(NC(=O)CSCc2cccs2)cc1Cl. The van der Waals surface area contributed by atoms with Gasteiger partial charge in [0.2, 0.25) is 5.91 Å². The molecule has 0 aliphatic heterocycles. The molecule has 2 nitrogen and oxygen atoms in total. The first-order valence-electron chi connectivity index (χ1n) is 5.81. The van der Waals surface area contributed by atoms with Gasteiger partial charge in [-0.3, -0.25) is 4.79 Å². The first-order chi connectivity index (χ1) is 9.15. The minimum atomic E-state index is 0.00137. The second-order valence-corrected chi connectivity index (χ2v) is 6.51. The van der Waals surface area contributed by atoms with E-state index in [4.69, 9.17) is 11.6 Å². The first-order valence-corrected chi connectivity index (χ1v) is 8.22. The molecule has 0 fully saturated rings. The van der Waals surface area contributed by atoms with E-state index in [2.05, 4.69) is 11.4 Å². The van der Waals surface area contributed by atoms with Crippen molar-refractivity contribution in [1.29, 1.82) is 0 Å². The van der Waals surface area contributed by atoms with Gasteiger partial charge < -0.3 is 5.32 Å². The van der Waals surface area contributed by atoms with Crippen molar-refractivity contribution in [2.75, 3.05) is 11.1 Å². The molecule has 5 heteroatoms. The van der Waals surface area contributed by atoms with Crippen molar-refractivity contribution in [3.63, 3.8) is 0 Å². The zero-order chi connectivity index (χ0) is 13.7. The highest BCUT2D eigenvalue weighted by molar-refractivity contribution is 7.99. The van der Waals surface area contributed by atoms with Crippen molar-refractivity contribution in [3.05, 3.63) is 51.2 Å². The molecule has 1 heterocycles. The number of benzene rings is 1. The second kappa shape index (κ2) is 6.98. The van der Waals surface area contributed by atoms with Gasteiger partial charge in [-0.2, -0.15) is 0 Å². The van der Waals surface area contributed by atoms with E-state index >= 15 is 0 Å². The Bertz CT molecular complexity index is 555. The molecule has 2 aromatic rings. The average Bonchev–Trinajstić information content (AvgIpc) is 2.87. The normalized spacial score (nSPS) is 10.4. The van der Waals surface area contributed by atoms with Gasteiger partial charge in [-0.25, -0.2) is 0 Å². The van der Waals surface area contributed by atoms with Crippen LogP contribution >= 0.6 is 34.7 Å². The van der Waals surface area contributed by atoms with E-state index in [1.54, 1.807) is 29.2 Å². The third-order valence-electron chi connectivity index (χ3n) is 2.51. The lowest BCUT2D eigenvalue weighted by atomic mass is 10.2. The molecular formula is C14H14ClNOS2. The summed E-state index contributed by atoms with van der Waals surface area (Å²) < 4.78 is 0. The molecule has 2 rings (SSSR count). The first kappa shape index (κ1) is 14.4. The summed E-state index contributed by atoms with van der Waals surface area (Å²) in [7, 11) is 0. The predicted octanol–water partition coefficient (Wildman–Crippen LogP) is 4.58. The number of rotatable bonds is 5. The van der Waals surface area contributed by atoms with Gasteiger partial charge in [0.05, 0.1) is 5.75 Å². The Morgan fingerprint density at radius 3 is 2.95 bits per heavy atom. The molecule has 1 N–H and O–H groups in total. The Hall–Kier alpha value is -0.970. The van der Waals surface area contributed by atoms with E-state index in [0.29, 0.717) is 10.8 Å². The van der Waals surface area contributed by atoms with Crippen molar-refractivity contribution in [1.82, 2.24) is 0 Å². The van der Waals surface area contributed by atoms with Crippen molar-refractivity contribution >= 4 is 46.3 Å². The van der Waals surface area contributed by atoms with Crippen LogP contribution in [0.15, 0.2) is 35.7 Å². The molecule has 0 saturated carbocycles. The van der Waals surface area contributed by atoms with Crippen LogP contribution in [-0.2, 0) is 10.5 Å². The van der Waals surface area contributed by atoms with Gasteiger partial charge in [0.15, 0.2) is 0 Å². The molecule has 0 saturated heterocycles. The number of nitrogens with one attached hydrogen (secondary N) is 1. The summed E-state index contributed by atoms with van der Waals surface area (Å²) in [5.41, 5.74) is 1.75. The van der Waals surface area contributed by atoms with Gasteiger partial charge >= 0.3 is 0 Å². The zero-order valence-electron chi connectivity index (χ0n) is 10.5. The van der Waals surface area contributed by atoms with Crippen molar-refractivity contribution in [2.45, 2.75) is 12.7 Å². The van der Waals surface area contributed by atoms with Crippen LogP contribution in [0, 0.1) is 6.92 Å². The lowest BCUT2D eigenvalue weighted by Gasteiger charge is -2.06. The molecule has 19 heavy (non-hydrogen) atoms. The van der Waals surface area contributed by atoms with Crippen LogP contribution < -0.4 is 5.32 Å². The Kier molecular flexibility index (Phi) is 5.31. The van der Waals surface area contributed by atoms with E-state index in [0.717, 1.165) is 17.0 Å². The molecule has 0 spiro atoms. The van der Waals surface area contributed by atoms with Gasteiger partial charge in [-0.15, -0.1) is 23.1 Å². The molecular weight excluding hydrogens is 298 g/mol. The Morgan fingerprint density at radius 2 is 2.26 bits per heavy atom. The Balaban J connectivity index is 1.79. The Labute approximate surface area is 126 Å². The maximum Gasteiger partial charge on any atom is 0.234 e. The second-order valence-electron chi connectivity index (χ2n) is 4.08. The molecule has 0 bridgehead atoms. The van der Waals surface area contributed by atoms with Crippen LogP contribution in [0.2, 0.25) is 5.02 Å². The predicted molar refractivity (Wildman–Crippen MR) is 85.3 cm³/mol. The average molecular weight is 312 g/mol. The van der Waals surface area contributed by atoms with E-state index < -0.39 is 0 Å². The number of aryl methyl sites for hydroxylation is 1. The quantitative estimate of drug-likeness (QED) is 0.875. The van der Waals surface area contributed by atoms with E-state index in [1.165, 1.54) is 4.88 Å². The van der Waals surface area contributed by atoms with Gasteiger partial charge in [0.25, 0.3) is 0 Å². The molecule has 0 aliphatic rings. The molecule has 1 aromatic heterocycles. The molecule has 1 aromatic carbocycles. The highest BCUT2D eigenvalue weighted by Crippen LogP contribution is 2.21. The maximum absolute atomic E-state index is 11.8. The van der Waals surface area contributed by atoms with Crippen LogP contribution in [0.3, 0.4) is 0 Å². The number of hydrogen-bond donors (Lipinski definition) is 1. The number of hydrogen-bond acceptors (Lipinski definition) is 3. The minimum absolute atomic E-state index is 0.00137. The zero-order valence-corrected chi connectivity index (χ0v) is 12.9. The summed E-state index contributed by atoms with van der Waals surface area (Å²) in [6.07, 6.45) is 0. The van der Waals surface area contributed by atoms with Gasteiger partial charge in [-0.1, -0.05) is 23.7 Å². The number of amides is 1. The number of carbonyl (C=O) groups is 1. The fourth-order valence-electron chi connectivity index (χ4n) is 1.51. The summed E-state index contributed by atoms with van der Waals surface area (Å²) in [6, 6.07) is 9.64. The van der Waals surface area contributed by atoms with Crippen LogP contribution in [-0.4, -0.2) is 11.7 Å². The molecule has 0 atom stereocenters. The van der Waals surface area contributed by atoms with Gasteiger partial charge in [0.1, 0.15) is 0 Å². The standard InChI is InChI=1S/C14H14ClNOS2/c1-10-4-5-11(7-13(10)15)16-14(17)9-18-8-12-3-2-6-19-12/h2-7H,8-9H2,1H3,(H,16,17). The molecule has 0 unspecified atom stereocenters. The monoisotopic (exact) mass is 311 g/mol. The van der Waals surface area contributed by atoms with Crippen LogP contribution in [0.1, 0.15) is 10.4 Å². The molecule has 100 valence electrons. The number of carbonyl (C=O) groups excluding carboxylic acids is 1. The highest BCUT2D eigenvalue weighted by Gasteiger charge is 2.04. The van der Waals surface area contributed by atoms with E-state index in [1.807, 2.05) is 30.5 Å². The maximum atomic E-state index is 11.8. The van der Waals surface area contributed by atoms with Crippen LogP contribution in [0.4, 0.5) is 5.69 Å². The number of halogens is 1. The minimum Gasteiger partial charge on any atom is -0.325 e. The lowest BCUT2D eigenvalue weighted by Crippen LogP contribution is -2.14. The van der Waals surface area contributed by atoms with Crippen molar-refractivity contribution in [2.24, 2.45) is 0 Å². The lowest BCUT2D eigenvalue weighted by molar-refractivity contribution is -0.113. The number of thioether (sulfide) groups is 1. The van der Waals surface area contributed by atoms with Crippen molar-refractivity contribution < 1.29 is 4.79 Å². The summed E-state index contributed by atoms with van der Waals surface area (Å²) in [5.74, 6) is 1.32. The van der Waals surface area contributed by atoms with Gasteiger partial charge in [-0.05, 0) is 36.1 Å². The van der Waals surface area contributed by atoms with E-state index in [-0.39, 0.29) is 5.91 Å². The van der Waals surface area contributed by atoms with Crippen molar-refractivity contribution in [3.8, 4) is 0 Å². The Morgan fingerprint density at radius 1 is 1.42 bits per heavy atom. The van der Waals surface area contributed by atoms with Crippen LogP contribution in [0.5, 0.6) is 0 Å². The number of anilines is 1. The number of thiophene rings is 1. The highest BCUT2D eigenvalue weighted by atomic mass is 35.5. The fraction of sp³-hybridized carbons (Fsp3) is 0.214. The molecule has 1 amide bonds. The van der Waals surface area contributed by atoms with Gasteiger partial charge in [0, 0.05) is 21.3 Å². The van der Waals surface area contributed by atoms with Crippen LogP contribution in [0.25, 0.3) is 0 Å². The topological polar surface area (TPSA) is 29.1 Å². The van der Waals surface area contributed by atoms with E-state index in [9.17, 15) is 4.79 Å². The summed E-state index contributed by atoms with van der Waals surface area (Å²) in [4.78, 5) is 13.1. The molecule has 0 radical (unpaired) electrons. The largest absolute Gasteiger partial charge is 0.325 e. The third kappa shape index (κ3) is 4.56. The smallest absolute Gasteiger partial charge is 0.234 e. The summed E-state index contributed by atoms with van der Waals surface area (Å²) >= 11 is 9.34. The molecule has 0 aliphatic carbocycles. The third-order valence-corrected chi connectivity index (χ3v) is 4.96. The summed E-state index contributed by atoms with van der Waals surface area (Å²) in [6.45, 7) is 1.94. The fourth-order valence-corrected chi connectivity index (χ4v) is 3.36. The summed E-state index contributed by atoms with van der Waals surface area (Å²) in [5, 5.41) is 5.57.